The van der Waals surface area contributed by atoms with Crippen molar-refractivity contribution in [2.45, 2.75) is 45.1 Å². The topological polar surface area (TPSA) is 71.0 Å². The fraction of sp³-hybridized carbons (Fsp3) is 0.258. The van der Waals surface area contributed by atoms with Gasteiger partial charge in [-0.05, 0) is 79.6 Å². The third kappa shape index (κ3) is 6.53. The fourth-order valence-corrected chi connectivity index (χ4v) is 5.69. The number of amidine groups is 1. The van der Waals surface area contributed by atoms with Crippen molar-refractivity contribution in [2.75, 3.05) is 11.9 Å². The van der Waals surface area contributed by atoms with Crippen molar-refractivity contribution in [1.82, 2.24) is 4.90 Å². The van der Waals surface area contributed by atoms with Crippen LogP contribution in [0, 0.1) is 6.92 Å². The first-order chi connectivity index (χ1) is 18.5. The summed E-state index contributed by atoms with van der Waals surface area (Å²) in [6.07, 6.45) is 7.43. The van der Waals surface area contributed by atoms with Crippen LogP contribution in [0.5, 0.6) is 5.75 Å². The summed E-state index contributed by atoms with van der Waals surface area (Å²) in [4.78, 5) is 33.2. The molecule has 3 aromatic rings. The Kier molecular flexibility index (Phi) is 8.24. The average molecular weight is 526 g/mol. The molecule has 2 fully saturated rings. The summed E-state index contributed by atoms with van der Waals surface area (Å²) in [5, 5.41) is 3.55. The molecule has 6 nitrogen and oxygen atoms in total. The molecule has 0 atom stereocenters. The van der Waals surface area contributed by atoms with Crippen molar-refractivity contribution in [3.63, 3.8) is 0 Å². The molecule has 1 aliphatic heterocycles. The largest absolute Gasteiger partial charge is 0.484 e. The predicted molar refractivity (Wildman–Crippen MR) is 155 cm³/mol. The number of para-hydroxylation sites is 1. The van der Waals surface area contributed by atoms with E-state index in [9.17, 15) is 9.59 Å². The normalized spacial score (nSPS) is 18.2. The quantitative estimate of drug-likeness (QED) is 0.339. The van der Waals surface area contributed by atoms with E-state index in [0.29, 0.717) is 10.7 Å². The zero-order chi connectivity index (χ0) is 26.3. The van der Waals surface area contributed by atoms with Crippen molar-refractivity contribution >= 4 is 46.2 Å². The maximum atomic E-state index is 13.5. The third-order valence-corrected chi connectivity index (χ3v) is 7.62. The zero-order valence-electron chi connectivity index (χ0n) is 21.4. The van der Waals surface area contributed by atoms with Gasteiger partial charge in [0.1, 0.15) is 5.75 Å². The van der Waals surface area contributed by atoms with Crippen molar-refractivity contribution < 1.29 is 14.3 Å². The van der Waals surface area contributed by atoms with Crippen LogP contribution < -0.4 is 10.1 Å². The number of carbonyl (C=O) groups is 2. The Hall–Kier alpha value is -3.84. The van der Waals surface area contributed by atoms with Crippen molar-refractivity contribution in [3.8, 4) is 5.75 Å². The van der Waals surface area contributed by atoms with Crippen LogP contribution in [0.4, 0.5) is 11.4 Å². The lowest BCUT2D eigenvalue weighted by Crippen LogP contribution is -2.40. The third-order valence-electron chi connectivity index (χ3n) is 6.64. The molecular formula is C31H31N3O3S. The van der Waals surface area contributed by atoms with Crippen LogP contribution in [0.3, 0.4) is 0 Å². The minimum absolute atomic E-state index is 0.0191. The fourth-order valence-electron chi connectivity index (χ4n) is 4.63. The van der Waals surface area contributed by atoms with Crippen LogP contribution in [-0.4, -0.2) is 34.5 Å². The maximum Gasteiger partial charge on any atom is 0.267 e. The zero-order valence-corrected chi connectivity index (χ0v) is 22.2. The molecule has 1 aliphatic carbocycles. The highest BCUT2D eigenvalue weighted by Gasteiger charge is 2.38. The number of ether oxygens (including phenoxy) is 1. The lowest BCUT2D eigenvalue weighted by atomic mass is 9.94. The number of aryl methyl sites for hydroxylation is 1. The number of hydrogen-bond donors (Lipinski definition) is 1. The Bertz CT molecular complexity index is 1330. The standard InChI is InChI=1S/C31H31N3O3S/c1-22-12-16-25(17-13-22)33-31-34(26-10-6-3-7-11-26)30(36)28(38-31)20-23-14-18-27(19-15-23)37-21-29(35)32-24-8-4-2-5-9-24/h2,4-5,8-9,12-20,26H,3,6-7,10-11,21H2,1H3,(H,32,35)/b28-20+,33-31?. The molecule has 38 heavy (non-hydrogen) atoms. The van der Waals surface area contributed by atoms with Gasteiger partial charge in [-0.2, -0.15) is 0 Å². The van der Waals surface area contributed by atoms with Crippen LogP contribution in [-0.2, 0) is 9.59 Å². The highest BCUT2D eigenvalue weighted by Crippen LogP contribution is 2.38. The second-order valence-electron chi connectivity index (χ2n) is 9.58. The van der Waals surface area contributed by atoms with E-state index in [0.717, 1.165) is 47.8 Å². The highest BCUT2D eigenvalue weighted by molar-refractivity contribution is 8.18. The van der Waals surface area contributed by atoms with Gasteiger partial charge in [0.05, 0.1) is 10.6 Å². The monoisotopic (exact) mass is 525 g/mol. The lowest BCUT2D eigenvalue weighted by Gasteiger charge is -2.30. The first kappa shape index (κ1) is 25.8. The van der Waals surface area contributed by atoms with Crippen LogP contribution >= 0.6 is 11.8 Å². The van der Waals surface area contributed by atoms with Gasteiger partial charge >= 0.3 is 0 Å². The minimum atomic E-state index is -0.224. The van der Waals surface area contributed by atoms with Gasteiger partial charge in [-0.3, -0.25) is 14.5 Å². The minimum Gasteiger partial charge on any atom is -0.484 e. The number of nitrogens with zero attached hydrogens (tertiary/aromatic N) is 2. The number of amides is 2. The van der Waals surface area contributed by atoms with Crippen molar-refractivity contribution in [3.05, 3.63) is 94.9 Å². The van der Waals surface area contributed by atoms with Gasteiger partial charge in [0.15, 0.2) is 11.8 Å². The van der Waals surface area contributed by atoms with E-state index in [1.54, 1.807) is 0 Å². The van der Waals surface area contributed by atoms with Crippen molar-refractivity contribution in [2.24, 2.45) is 4.99 Å². The van der Waals surface area contributed by atoms with Crippen LogP contribution in [0.1, 0.15) is 43.2 Å². The highest BCUT2D eigenvalue weighted by atomic mass is 32.2. The molecule has 2 aliphatic rings. The smallest absolute Gasteiger partial charge is 0.267 e. The number of hydrogen-bond acceptors (Lipinski definition) is 5. The van der Waals surface area contributed by atoms with Gasteiger partial charge in [0.2, 0.25) is 0 Å². The van der Waals surface area contributed by atoms with Crippen LogP contribution in [0.2, 0.25) is 0 Å². The molecule has 5 rings (SSSR count). The summed E-state index contributed by atoms with van der Waals surface area (Å²) in [7, 11) is 0. The molecule has 1 saturated heterocycles. The number of carbonyl (C=O) groups excluding carboxylic acids is 2. The van der Waals surface area contributed by atoms with Crippen LogP contribution in [0.15, 0.2) is 88.8 Å². The van der Waals surface area contributed by atoms with E-state index in [1.165, 1.54) is 23.7 Å². The molecule has 0 aromatic heterocycles. The molecule has 3 aromatic carbocycles. The van der Waals surface area contributed by atoms with E-state index in [2.05, 4.69) is 12.2 Å². The number of nitrogens with one attached hydrogen (secondary N) is 1. The lowest BCUT2D eigenvalue weighted by molar-refractivity contribution is -0.124. The molecule has 194 valence electrons. The molecule has 1 heterocycles. The molecule has 0 bridgehead atoms. The predicted octanol–water partition coefficient (Wildman–Crippen LogP) is 6.95. The summed E-state index contributed by atoms with van der Waals surface area (Å²) in [5.41, 5.74) is 3.65. The molecule has 7 heteroatoms. The van der Waals surface area contributed by atoms with Gasteiger partial charge in [-0.15, -0.1) is 0 Å². The molecule has 0 unspecified atom stereocenters. The molecule has 1 saturated carbocycles. The number of rotatable bonds is 7. The van der Waals surface area contributed by atoms with Gasteiger partial charge in [-0.25, -0.2) is 4.99 Å². The Morgan fingerprint density at radius 3 is 2.42 bits per heavy atom. The molecule has 1 N–H and O–H groups in total. The summed E-state index contributed by atoms with van der Waals surface area (Å²) >= 11 is 1.44. The Balaban J connectivity index is 1.28. The summed E-state index contributed by atoms with van der Waals surface area (Å²) in [5.74, 6) is 0.385. The van der Waals surface area contributed by atoms with Gasteiger partial charge < -0.3 is 10.1 Å². The Morgan fingerprint density at radius 1 is 1.00 bits per heavy atom. The summed E-state index contributed by atoms with van der Waals surface area (Å²) in [6, 6.07) is 24.9. The van der Waals surface area contributed by atoms with Gasteiger partial charge in [-0.1, -0.05) is 67.3 Å². The van der Waals surface area contributed by atoms with E-state index in [-0.39, 0.29) is 24.5 Å². The second-order valence-corrected chi connectivity index (χ2v) is 10.6. The second kappa shape index (κ2) is 12.1. The molecule has 0 spiro atoms. The average Bonchev–Trinajstić information content (AvgIpc) is 3.24. The van der Waals surface area contributed by atoms with E-state index in [1.807, 2.05) is 89.8 Å². The van der Waals surface area contributed by atoms with Gasteiger partial charge in [0, 0.05) is 11.7 Å². The molecular weight excluding hydrogens is 494 g/mol. The van der Waals surface area contributed by atoms with E-state index < -0.39 is 0 Å². The number of aliphatic imine (C=N–C) groups is 1. The molecule has 0 radical (unpaired) electrons. The SMILES string of the molecule is Cc1ccc(N=C2S/C(=C/c3ccc(OCC(=O)Nc4ccccc4)cc3)C(=O)N2C2CCCCC2)cc1. The van der Waals surface area contributed by atoms with E-state index >= 15 is 0 Å². The van der Waals surface area contributed by atoms with Crippen LogP contribution in [0.25, 0.3) is 6.08 Å². The van der Waals surface area contributed by atoms with Crippen molar-refractivity contribution in [1.29, 1.82) is 0 Å². The summed E-state index contributed by atoms with van der Waals surface area (Å²) < 4.78 is 5.64. The first-order valence-corrected chi connectivity index (χ1v) is 13.8. The first-order valence-electron chi connectivity index (χ1n) is 13.0. The Labute approximate surface area is 227 Å². The number of benzene rings is 3. The van der Waals surface area contributed by atoms with E-state index in [4.69, 9.17) is 9.73 Å². The number of thioether (sulfide) groups is 1. The Morgan fingerprint density at radius 2 is 1.71 bits per heavy atom. The van der Waals surface area contributed by atoms with Gasteiger partial charge in [0.25, 0.3) is 11.8 Å². The maximum absolute atomic E-state index is 13.5. The summed E-state index contributed by atoms with van der Waals surface area (Å²) in [6.45, 7) is 1.97. The molecule has 2 amide bonds. The number of anilines is 1.